The number of fused-ring (bicyclic) bond motifs is 1. The third-order valence-corrected chi connectivity index (χ3v) is 6.00. The number of esters is 1. The van der Waals surface area contributed by atoms with Crippen LogP contribution in [0.1, 0.15) is 35.4 Å². The van der Waals surface area contributed by atoms with Gasteiger partial charge in [0.25, 0.3) is 0 Å². The lowest BCUT2D eigenvalue weighted by Crippen LogP contribution is -2.35. The summed E-state index contributed by atoms with van der Waals surface area (Å²) in [4.78, 5) is 25.5. The molecule has 0 amide bonds. The van der Waals surface area contributed by atoms with Gasteiger partial charge in [0.15, 0.2) is 0 Å². The number of methoxy groups -OCH3 is 1. The van der Waals surface area contributed by atoms with Gasteiger partial charge >= 0.3 is 11.9 Å². The Balaban J connectivity index is 1.45. The molecule has 0 unspecified atom stereocenters. The highest BCUT2D eigenvalue weighted by Crippen LogP contribution is 2.49. The van der Waals surface area contributed by atoms with E-state index in [2.05, 4.69) is 4.90 Å². The predicted molar refractivity (Wildman–Crippen MR) is 98.2 cm³/mol. The van der Waals surface area contributed by atoms with Crippen LogP contribution in [0.3, 0.4) is 0 Å². The van der Waals surface area contributed by atoms with Gasteiger partial charge in [-0.05, 0) is 43.0 Å². The number of carboxylic acids is 1. The van der Waals surface area contributed by atoms with E-state index < -0.39 is 11.4 Å². The number of aliphatic carboxylic acids is 1. The van der Waals surface area contributed by atoms with Crippen molar-refractivity contribution in [3.8, 4) is 11.3 Å². The Morgan fingerprint density at radius 2 is 2.04 bits per heavy atom. The molecule has 0 bridgehead atoms. The van der Waals surface area contributed by atoms with Gasteiger partial charge in [0.1, 0.15) is 11.5 Å². The summed E-state index contributed by atoms with van der Waals surface area (Å²) in [6, 6.07) is 10.9. The summed E-state index contributed by atoms with van der Waals surface area (Å²) in [5.74, 6) is 0.776. The zero-order valence-electron chi connectivity index (χ0n) is 15.3. The van der Waals surface area contributed by atoms with Crippen LogP contribution in [0, 0.1) is 11.3 Å². The van der Waals surface area contributed by atoms with E-state index >= 15 is 0 Å². The molecule has 6 nitrogen and oxygen atoms in total. The molecule has 1 saturated heterocycles. The van der Waals surface area contributed by atoms with Crippen molar-refractivity contribution in [2.24, 2.45) is 11.3 Å². The summed E-state index contributed by atoms with van der Waals surface area (Å²) < 4.78 is 10.7. The summed E-state index contributed by atoms with van der Waals surface area (Å²) in [6.45, 7) is 2.03. The number of hydrogen-bond donors (Lipinski definition) is 1. The molecule has 142 valence electrons. The summed E-state index contributed by atoms with van der Waals surface area (Å²) >= 11 is 0. The average molecular weight is 369 g/mol. The monoisotopic (exact) mass is 369 g/mol. The number of furan rings is 1. The van der Waals surface area contributed by atoms with Gasteiger partial charge in [0.05, 0.1) is 24.6 Å². The summed E-state index contributed by atoms with van der Waals surface area (Å²) in [5, 5.41) is 9.71. The standard InChI is InChI=1S/C21H23NO5/c1-26-19(23)15-6-4-14(5-7-15)18-9-8-17(27-18)12-22-11-16-3-2-10-21(16,13-22)20(24)25/h4-9,16H,2-3,10-13H2,1H3,(H,24,25)/t16-,21+/m0/s1. The SMILES string of the molecule is COC(=O)c1ccc(-c2ccc(CN3C[C@@H]4CCC[C@@]4(C(=O)O)C3)o2)cc1. The van der Waals surface area contributed by atoms with E-state index in [-0.39, 0.29) is 11.9 Å². The van der Waals surface area contributed by atoms with Crippen molar-refractivity contribution >= 4 is 11.9 Å². The van der Waals surface area contributed by atoms with E-state index in [1.165, 1.54) is 7.11 Å². The minimum Gasteiger partial charge on any atom is -0.481 e. The first-order valence-electron chi connectivity index (χ1n) is 9.25. The number of rotatable bonds is 5. The van der Waals surface area contributed by atoms with Crippen LogP contribution in [-0.2, 0) is 16.1 Å². The third-order valence-electron chi connectivity index (χ3n) is 6.00. The van der Waals surface area contributed by atoms with Gasteiger partial charge in [-0.3, -0.25) is 9.69 Å². The maximum atomic E-state index is 11.8. The molecule has 27 heavy (non-hydrogen) atoms. The average Bonchev–Trinajstić information content (AvgIpc) is 3.36. The van der Waals surface area contributed by atoms with Crippen LogP contribution in [0.15, 0.2) is 40.8 Å². The first kappa shape index (κ1) is 17.8. The lowest BCUT2D eigenvalue weighted by molar-refractivity contribution is -0.149. The van der Waals surface area contributed by atoms with Crippen molar-refractivity contribution < 1.29 is 23.8 Å². The molecule has 2 aliphatic rings. The van der Waals surface area contributed by atoms with Crippen molar-refractivity contribution in [3.63, 3.8) is 0 Å². The molecule has 2 aromatic rings. The molecular weight excluding hydrogens is 346 g/mol. The molecule has 6 heteroatoms. The molecule has 1 aromatic heterocycles. The molecule has 2 fully saturated rings. The summed E-state index contributed by atoms with van der Waals surface area (Å²) in [6.07, 6.45) is 2.79. The molecule has 1 N–H and O–H groups in total. The van der Waals surface area contributed by atoms with Gasteiger partial charge in [-0.15, -0.1) is 0 Å². The second-order valence-electron chi connectivity index (χ2n) is 7.55. The number of nitrogens with zero attached hydrogens (tertiary/aromatic N) is 1. The van der Waals surface area contributed by atoms with Crippen LogP contribution in [0.25, 0.3) is 11.3 Å². The van der Waals surface area contributed by atoms with Crippen LogP contribution >= 0.6 is 0 Å². The summed E-state index contributed by atoms with van der Waals surface area (Å²) in [5.41, 5.74) is 0.809. The number of carbonyl (C=O) groups excluding carboxylic acids is 1. The van der Waals surface area contributed by atoms with Crippen molar-refractivity contribution in [2.75, 3.05) is 20.2 Å². The lowest BCUT2D eigenvalue weighted by atomic mass is 9.81. The topological polar surface area (TPSA) is 80.0 Å². The molecule has 0 spiro atoms. The number of benzene rings is 1. The van der Waals surface area contributed by atoms with Gasteiger partial charge in [-0.25, -0.2) is 4.79 Å². The van der Waals surface area contributed by atoms with Gasteiger partial charge in [0, 0.05) is 18.7 Å². The van der Waals surface area contributed by atoms with E-state index in [0.29, 0.717) is 18.7 Å². The highest BCUT2D eigenvalue weighted by molar-refractivity contribution is 5.89. The fraction of sp³-hybridized carbons (Fsp3) is 0.429. The molecule has 1 saturated carbocycles. The molecule has 2 heterocycles. The van der Waals surface area contributed by atoms with Crippen LogP contribution in [0.5, 0.6) is 0 Å². The van der Waals surface area contributed by atoms with Gasteiger partial charge in [-0.1, -0.05) is 18.6 Å². The summed E-state index contributed by atoms with van der Waals surface area (Å²) in [7, 11) is 1.36. The Morgan fingerprint density at radius 1 is 1.26 bits per heavy atom. The maximum Gasteiger partial charge on any atom is 0.337 e. The van der Waals surface area contributed by atoms with Crippen LogP contribution in [0.2, 0.25) is 0 Å². The Bertz CT molecular complexity index is 856. The fourth-order valence-corrected chi connectivity index (χ4v) is 4.59. The zero-order chi connectivity index (χ0) is 19.0. The van der Waals surface area contributed by atoms with Crippen LogP contribution in [-0.4, -0.2) is 42.1 Å². The highest BCUT2D eigenvalue weighted by Gasteiger charge is 2.54. The Labute approximate surface area is 157 Å². The Kier molecular flexibility index (Phi) is 4.52. The van der Waals surface area contributed by atoms with Gasteiger partial charge in [0.2, 0.25) is 0 Å². The van der Waals surface area contributed by atoms with E-state index in [4.69, 9.17) is 9.15 Å². The molecule has 1 aromatic carbocycles. The second-order valence-corrected chi connectivity index (χ2v) is 7.55. The van der Waals surface area contributed by atoms with Crippen molar-refractivity contribution in [2.45, 2.75) is 25.8 Å². The smallest absolute Gasteiger partial charge is 0.337 e. The normalized spacial score (nSPS) is 24.7. The minimum absolute atomic E-state index is 0.246. The third kappa shape index (κ3) is 3.14. The number of carbonyl (C=O) groups is 2. The van der Waals surface area contributed by atoms with Crippen molar-refractivity contribution in [1.29, 1.82) is 0 Å². The highest BCUT2D eigenvalue weighted by atomic mass is 16.5. The van der Waals surface area contributed by atoms with Crippen LogP contribution < -0.4 is 0 Å². The number of carboxylic acid groups (broad SMARTS) is 1. The van der Waals surface area contributed by atoms with E-state index in [1.54, 1.807) is 12.1 Å². The molecule has 1 aliphatic heterocycles. The Hall–Kier alpha value is -2.60. The van der Waals surface area contributed by atoms with E-state index in [9.17, 15) is 14.7 Å². The number of hydrogen-bond acceptors (Lipinski definition) is 5. The lowest BCUT2D eigenvalue weighted by Gasteiger charge is -2.23. The molecule has 1 aliphatic carbocycles. The molecule has 2 atom stereocenters. The first-order valence-corrected chi connectivity index (χ1v) is 9.25. The van der Waals surface area contributed by atoms with Gasteiger partial charge < -0.3 is 14.3 Å². The van der Waals surface area contributed by atoms with Crippen LogP contribution in [0.4, 0.5) is 0 Å². The minimum atomic E-state index is -0.654. The molecule has 0 radical (unpaired) electrons. The maximum absolute atomic E-state index is 11.8. The Morgan fingerprint density at radius 3 is 2.70 bits per heavy atom. The predicted octanol–water partition coefficient (Wildman–Crippen LogP) is 3.42. The number of likely N-dealkylation sites (tertiary alicyclic amines) is 1. The second kappa shape index (κ2) is 6.85. The van der Waals surface area contributed by atoms with Crippen molar-refractivity contribution in [3.05, 3.63) is 47.7 Å². The molecule has 4 rings (SSSR count). The van der Waals surface area contributed by atoms with E-state index in [0.717, 1.165) is 42.9 Å². The largest absolute Gasteiger partial charge is 0.481 e. The zero-order valence-corrected chi connectivity index (χ0v) is 15.3. The number of ether oxygens (including phenoxy) is 1. The fourth-order valence-electron chi connectivity index (χ4n) is 4.59. The van der Waals surface area contributed by atoms with Crippen molar-refractivity contribution in [1.82, 2.24) is 4.90 Å². The van der Waals surface area contributed by atoms with E-state index in [1.807, 2.05) is 24.3 Å². The quantitative estimate of drug-likeness (QED) is 0.814. The van der Waals surface area contributed by atoms with Gasteiger partial charge in [-0.2, -0.15) is 0 Å². The first-order chi connectivity index (χ1) is 13.0. The molecular formula is C21H23NO5.